The normalized spacial score (nSPS) is 12.8. The third-order valence-electron chi connectivity index (χ3n) is 4.23. The second-order valence-corrected chi connectivity index (χ2v) is 5.82. The molecule has 0 atom stereocenters. The van der Waals surface area contributed by atoms with Gasteiger partial charge in [0.15, 0.2) is 0 Å². The average Bonchev–Trinajstić information content (AvgIpc) is 2.90. The summed E-state index contributed by atoms with van der Waals surface area (Å²) in [5.41, 5.74) is 4.49. The number of anilines is 1. The van der Waals surface area contributed by atoms with Gasteiger partial charge in [0, 0.05) is 24.4 Å². The van der Waals surface area contributed by atoms with Crippen molar-refractivity contribution in [1.82, 2.24) is 14.5 Å². The molecule has 3 N–H and O–H groups in total. The number of halogens is 1. The van der Waals surface area contributed by atoms with Crippen LogP contribution >= 0.6 is 0 Å². The van der Waals surface area contributed by atoms with Crippen molar-refractivity contribution in [1.29, 1.82) is 0 Å². The van der Waals surface area contributed by atoms with E-state index in [2.05, 4.69) is 0 Å². The molecule has 4 rings (SSSR count). The van der Waals surface area contributed by atoms with E-state index in [0.717, 1.165) is 16.7 Å². The molecule has 134 valence electrons. The first-order chi connectivity index (χ1) is 12.9. The highest BCUT2D eigenvalue weighted by Crippen LogP contribution is 2.24. The van der Waals surface area contributed by atoms with E-state index >= 15 is 0 Å². The topological polar surface area (TPSA) is 116 Å². The Kier molecular flexibility index (Phi) is 3.51. The highest BCUT2D eigenvalue weighted by molar-refractivity contribution is 6.23. The van der Waals surface area contributed by atoms with Gasteiger partial charge < -0.3 is 5.73 Å². The Morgan fingerprint density at radius 3 is 2.41 bits per heavy atom. The van der Waals surface area contributed by atoms with Crippen LogP contribution in [-0.2, 0) is 0 Å². The molecular weight excluding hydrogens is 355 g/mol. The zero-order valence-corrected chi connectivity index (χ0v) is 13.6. The minimum absolute atomic E-state index is 0.147. The average molecular weight is 366 g/mol. The fourth-order valence-electron chi connectivity index (χ4n) is 3.00. The predicted octanol–water partition coefficient (Wildman–Crippen LogP) is 0.593. The minimum atomic E-state index is -0.832. The molecule has 0 spiro atoms. The molecule has 0 radical (unpaired) electrons. The Balaban J connectivity index is 1.91. The number of amides is 2. The molecular formula is C18H11FN4O4. The molecule has 9 heteroatoms. The molecule has 1 aromatic carbocycles. The van der Waals surface area contributed by atoms with Crippen molar-refractivity contribution in [3.05, 3.63) is 86.3 Å². The number of carbonyl (C=O) groups excluding carboxylic acids is 2. The van der Waals surface area contributed by atoms with E-state index in [-0.39, 0.29) is 33.9 Å². The highest BCUT2D eigenvalue weighted by Gasteiger charge is 2.32. The van der Waals surface area contributed by atoms with Crippen LogP contribution in [0.5, 0.6) is 0 Å². The number of nitrogen functional groups attached to an aromatic ring is 1. The monoisotopic (exact) mass is 366 g/mol. The Labute approximate surface area is 150 Å². The van der Waals surface area contributed by atoms with E-state index in [1.54, 1.807) is 12.1 Å². The predicted molar refractivity (Wildman–Crippen MR) is 93.8 cm³/mol. The molecule has 0 fully saturated rings. The van der Waals surface area contributed by atoms with Crippen LogP contribution in [0.3, 0.4) is 0 Å². The number of carbonyl (C=O) groups is 2. The van der Waals surface area contributed by atoms with Gasteiger partial charge in [-0.1, -0.05) is 6.07 Å². The lowest BCUT2D eigenvalue weighted by Crippen LogP contribution is -2.25. The van der Waals surface area contributed by atoms with Crippen LogP contribution in [0, 0.1) is 5.82 Å². The number of pyridine rings is 2. The molecule has 2 amide bonds. The van der Waals surface area contributed by atoms with Gasteiger partial charge in [0.25, 0.3) is 22.9 Å². The highest BCUT2D eigenvalue weighted by atomic mass is 19.1. The third-order valence-corrected chi connectivity index (χ3v) is 4.23. The molecule has 3 aromatic rings. The standard InChI is InChI=1S/C18H11FN4O4/c19-11-7-9(22-6-2-1-3-13(22)24)4-5-12(11)23-14(25)8-10-15(16(23)20)18(27)21-17(10)26/h1-8H,20H2,(H,21,26,27). The lowest BCUT2D eigenvalue weighted by molar-refractivity contribution is 0.0880. The summed E-state index contributed by atoms with van der Waals surface area (Å²) >= 11 is 0. The van der Waals surface area contributed by atoms with Gasteiger partial charge in [0.2, 0.25) is 0 Å². The summed E-state index contributed by atoms with van der Waals surface area (Å²) in [6, 6.07) is 9.20. The lowest BCUT2D eigenvalue weighted by Gasteiger charge is -2.14. The number of benzene rings is 1. The second kappa shape index (κ2) is 5.77. The molecule has 0 saturated heterocycles. The zero-order chi connectivity index (χ0) is 19.3. The Bertz CT molecular complexity index is 1260. The van der Waals surface area contributed by atoms with Crippen LogP contribution in [-0.4, -0.2) is 20.9 Å². The maximum absolute atomic E-state index is 14.7. The van der Waals surface area contributed by atoms with E-state index in [0.29, 0.717) is 0 Å². The van der Waals surface area contributed by atoms with Crippen molar-refractivity contribution in [2.24, 2.45) is 0 Å². The van der Waals surface area contributed by atoms with Crippen LogP contribution < -0.4 is 22.2 Å². The number of rotatable bonds is 2. The Hall–Kier alpha value is -4.01. The fraction of sp³-hybridized carbons (Fsp3) is 0. The maximum atomic E-state index is 14.7. The molecule has 27 heavy (non-hydrogen) atoms. The third kappa shape index (κ3) is 2.44. The summed E-state index contributed by atoms with van der Waals surface area (Å²) in [4.78, 5) is 47.8. The number of nitrogens with two attached hydrogens (primary N) is 1. The summed E-state index contributed by atoms with van der Waals surface area (Å²) in [5.74, 6) is -2.66. The first-order valence-corrected chi connectivity index (χ1v) is 7.77. The van der Waals surface area contributed by atoms with E-state index in [4.69, 9.17) is 5.73 Å². The second-order valence-electron chi connectivity index (χ2n) is 5.82. The largest absolute Gasteiger partial charge is 0.384 e. The van der Waals surface area contributed by atoms with Crippen LogP contribution in [0.4, 0.5) is 10.2 Å². The van der Waals surface area contributed by atoms with Gasteiger partial charge in [-0.25, -0.2) is 4.39 Å². The molecule has 1 aliphatic heterocycles. The summed E-state index contributed by atoms with van der Waals surface area (Å²) in [6.07, 6.45) is 1.47. The van der Waals surface area contributed by atoms with Gasteiger partial charge in [-0.3, -0.25) is 33.6 Å². The summed E-state index contributed by atoms with van der Waals surface area (Å²) in [6.45, 7) is 0. The molecule has 1 aliphatic rings. The summed E-state index contributed by atoms with van der Waals surface area (Å²) < 4.78 is 16.8. The van der Waals surface area contributed by atoms with Gasteiger partial charge in [-0.15, -0.1) is 0 Å². The van der Waals surface area contributed by atoms with E-state index in [9.17, 15) is 23.6 Å². The minimum Gasteiger partial charge on any atom is -0.384 e. The smallest absolute Gasteiger partial charge is 0.262 e. The first kappa shape index (κ1) is 16.5. The number of imide groups is 1. The van der Waals surface area contributed by atoms with E-state index in [1.165, 1.54) is 29.0 Å². The van der Waals surface area contributed by atoms with Crippen LogP contribution in [0.25, 0.3) is 11.4 Å². The van der Waals surface area contributed by atoms with Gasteiger partial charge in [0.1, 0.15) is 11.6 Å². The molecule has 0 aliphatic carbocycles. The van der Waals surface area contributed by atoms with Gasteiger partial charge >= 0.3 is 0 Å². The van der Waals surface area contributed by atoms with E-state index < -0.39 is 23.2 Å². The number of hydrogen-bond acceptors (Lipinski definition) is 5. The van der Waals surface area contributed by atoms with E-state index in [1.807, 2.05) is 5.32 Å². The number of nitrogens with one attached hydrogen (secondary N) is 1. The van der Waals surface area contributed by atoms with Crippen molar-refractivity contribution >= 4 is 17.6 Å². The Morgan fingerprint density at radius 1 is 0.926 bits per heavy atom. The molecule has 8 nitrogen and oxygen atoms in total. The number of fused-ring (bicyclic) bond motifs is 1. The van der Waals surface area contributed by atoms with Gasteiger partial charge in [0.05, 0.1) is 22.5 Å². The summed E-state index contributed by atoms with van der Waals surface area (Å²) in [7, 11) is 0. The summed E-state index contributed by atoms with van der Waals surface area (Å²) in [5, 5.41) is 2.04. The van der Waals surface area contributed by atoms with Crippen molar-refractivity contribution in [3.63, 3.8) is 0 Å². The maximum Gasteiger partial charge on any atom is 0.262 e. The molecule has 0 unspecified atom stereocenters. The van der Waals surface area contributed by atoms with Crippen LogP contribution in [0.15, 0.2) is 58.3 Å². The molecule has 0 saturated carbocycles. The Morgan fingerprint density at radius 2 is 1.70 bits per heavy atom. The number of aromatic nitrogens is 2. The van der Waals surface area contributed by atoms with Gasteiger partial charge in [-0.2, -0.15) is 0 Å². The van der Waals surface area contributed by atoms with Crippen molar-refractivity contribution in [3.8, 4) is 11.4 Å². The van der Waals surface area contributed by atoms with Crippen LogP contribution in [0.2, 0.25) is 0 Å². The van der Waals surface area contributed by atoms with Gasteiger partial charge in [-0.05, 0) is 18.2 Å². The molecule has 2 aromatic heterocycles. The van der Waals surface area contributed by atoms with Crippen LogP contribution in [0.1, 0.15) is 20.7 Å². The molecule has 0 bridgehead atoms. The quantitative estimate of drug-likeness (QED) is 0.644. The van der Waals surface area contributed by atoms with Crippen molar-refractivity contribution in [2.45, 2.75) is 0 Å². The molecule has 3 heterocycles. The number of nitrogens with zero attached hydrogens (tertiary/aromatic N) is 2. The fourth-order valence-corrected chi connectivity index (χ4v) is 3.00. The SMILES string of the molecule is Nc1c2c(cc(=O)n1-c1ccc(-n3ccccc3=O)cc1F)C(=O)NC2=O. The first-order valence-electron chi connectivity index (χ1n) is 7.77. The zero-order valence-electron chi connectivity index (χ0n) is 13.6. The van der Waals surface area contributed by atoms with Crippen molar-refractivity contribution in [2.75, 3.05) is 5.73 Å². The number of hydrogen-bond donors (Lipinski definition) is 2. The lowest BCUT2D eigenvalue weighted by atomic mass is 10.1. The van der Waals surface area contributed by atoms with Crippen molar-refractivity contribution < 1.29 is 14.0 Å².